The molecule has 0 amide bonds. The Bertz CT molecular complexity index is 1370. The van der Waals surface area contributed by atoms with Gasteiger partial charge in [0.05, 0.1) is 5.69 Å². The van der Waals surface area contributed by atoms with Gasteiger partial charge in [0.15, 0.2) is 5.75 Å². The standard InChI is InChI=1S/C20H14N2O4S2/c23-20-15-8-4-2-6-13(15)18(27)11-17(20)22-21-16-9-10-19(28(24,25)26)14-7-3-1-5-12(14)16/h1-11,23,27H,(H,24,25,26). The average molecular weight is 410 g/mol. The molecule has 0 aromatic heterocycles. The van der Waals surface area contributed by atoms with Crippen molar-refractivity contribution in [1.29, 1.82) is 0 Å². The summed E-state index contributed by atoms with van der Waals surface area (Å²) in [6.07, 6.45) is 0. The lowest BCUT2D eigenvalue weighted by molar-refractivity contribution is 0.482. The maximum Gasteiger partial charge on any atom is 0.295 e. The molecule has 28 heavy (non-hydrogen) atoms. The van der Waals surface area contributed by atoms with Crippen LogP contribution in [0.1, 0.15) is 0 Å². The molecule has 4 aromatic carbocycles. The predicted molar refractivity (Wildman–Crippen MR) is 111 cm³/mol. The molecule has 0 aliphatic carbocycles. The molecule has 8 heteroatoms. The second-order valence-electron chi connectivity index (χ2n) is 6.11. The van der Waals surface area contributed by atoms with E-state index in [1.165, 1.54) is 12.1 Å². The Morgan fingerprint density at radius 2 is 1.32 bits per heavy atom. The fraction of sp³-hybridized carbons (Fsp3) is 0. The van der Waals surface area contributed by atoms with Gasteiger partial charge in [-0.3, -0.25) is 4.55 Å². The molecule has 0 bridgehead atoms. The van der Waals surface area contributed by atoms with Crippen LogP contribution >= 0.6 is 12.6 Å². The molecular formula is C20H14N2O4S2. The average Bonchev–Trinajstić information content (AvgIpc) is 2.68. The minimum Gasteiger partial charge on any atom is -0.505 e. The van der Waals surface area contributed by atoms with E-state index in [1.54, 1.807) is 42.5 Å². The summed E-state index contributed by atoms with van der Waals surface area (Å²) >= 11 is 4.44. The van der Waals surface area contributed by atoms with Gasteiger partial charge in [-0.05, 0) is 23.6 Å². The molecule has 0 saturated heterocycles. The van der Waals surface area contributed by atoms with Crippen LogP contribution in [0.15, 0.2) is 86.7 Å². The molecule has 0 heterocycles. The van der Waals surface area contributed by atoms with Crippen molar-refractivity contribution in [3.63, 3.8) is 0 Å². The molecule has 4 rings (SSSR count). The van der Waals surface area contributed by atoms with Gasteiger partial charge in [0.2, 0.25) is 0 Å². The SMILES string of the molecule is O=S(=O)(O)c1ccc(N=Nc2cc(S)c3ccccc3c2O)c2ccccc12. The number of azo groups is 1. The van der Waals surface area contributed by atoms with Crippen LogP contribution < -0.4 is 0 Å². The molecule has 6 nitrogen and oxygen atoms in total. The molecule has 0 atom stereocenters. The van der Waals surface area contributed by atoms with Crippen LogP contribution in [0.3, 0.4) is 0 Å². The number of benzene rings is 4. The lowest BCUT2D eigenvalue weighted by atomic mass is 10.1. The minimum absolute atomic E-state index is 0.0176. The van der Waals surface area contributed by atoms with E-state index in [0.717, 1.165) is 5.39 Å². The van der Waals surface area contributed by atoms with Gasteiger partial charge >= 0.3 is 0 Å². The molecule has 0 aliphatic rings. The van der Waals surface area contributed by atoms with Gasteiger partial charge in [-0.2, -0.15) is 8.42 Å². The van der Waals surface area contributed by atoms with Crippen molar-refractivity contribution in [2.45, 2.75) is 9.79 Å². The third kappa shape index (κ3) is 3.22. The quantitative estimate of drug-likeness (QED) is 0.231. The number of aromatic hydroxyl groups is 1. The van der Waals surface area contributed by atoms with Gasteiger partial charge in [0, 0.05) is 21.1 Å². The fourth-order valence-corrected chi connectivity index (χ4v) is 4.09. The van der Waals surface area contributed by atoms with E-state index in [-0.39, 0.29) is 16.3 Å². The Kier molecular flexibility index (Phi) is 4.54. The molecule has 0 spiro atoms. The van der Waals surface area contributed by atoms with Crippen molar-refractivity contribution in [3.05, 3.63) is 66.7 Å². The molecule has 0 unspecified atom stereocenters. The van der Waals surface area contributed by atoms with Gasteiger partial charge in [-0.15, -0.1) is 22.9 Å². The maximum absolute atomic E-state index is 11.6. The largest absolute Gasteiger partial charge is 0.505 e. The van der Waals surface area contributed by atoms with Crippen molar-refractivity contribution in [2.24, 2.45) is 10.2 Å². The molecule has 0 aliphatic heterocycles. The zero-order valence-electron chi connectivity index (χ0n) is 14.3. The van der Waals surface area contributed by atoms with Gasteiger partial charge in [-0.25, -0.2) is 0 Å². The van der Waals surface area contributed by atoms with Crippen molar-refractivity contribution in [3.8, 4) is 5.75 Å². The summed E-state index contributed by atoms with van der Waals surface area (Å²) in [6, 6.07) is 18.3. The summed E-state index contributed by atoms with van der Waals surface area (Å²) in [5, 5.41) is 21.1. The van der Waals surface area contributed by atoms with Gasteiger partial charge < -0.3 is 5.11 Å². The van der Waals surface area contributed by atoms with Crippen LogP contribution in [-0.4, -0.2) is 18.1 Å². The van der Waals surface area contributed by atoms with E-state index in [1.807, 2.05) is 12.1 Å². The van der Waals surface area contributed by atoms with E-state index in [9.17, 15) is 18.1 Å². The van der Waals surface area contributed by atoms with E-state index in [0.29, 0.717) is 26.7 Å². The van der Waals surface area contributed by atoms with Crippen molar-refractivity contribution in [2.75, 3.05) is 0 Å². The number of phenolic OH excluding ortho intramolecular Hbond substituents is 1. The second-order valence-corrected chi connectivity index (χ2v) is 7.98. The Morgan fingerprint density at radius 1 is 0.750 bits per heavy atom. The number of nitrogens with zero attached hydrogens (tertiary/aromatic N) is 2. The van der Waals surface area contributed by atoms with Crippen molar-refractivity contribution in [1.82, 2.24) is 0 Å². The Labute approximate surface area is 166 Å². The topological polar surface area (TPSA) is 99.3 Å². The summed E-state index contributed by atoms with van der Waals surface area (Å²) < 4.78 is 32.6. The normalized spacial score (nSPS) is 12.2. The zero-order valence-corrected chi connectivity index (χ0v) is 16.0. The molecule has 0 fully saturated rings. The third-order valence-corrected chi connectivity index (χ3v) is 5.66. The zero-order chi connectivity index (χ0) is 19.9. The van der Waals surface area contributed by atoms with Crippen molar-refractivity contribution < 1.29 is 18.1 Å². The van der Waals surface area contributed by atoms with Crippen LogP contribution in [0.2, 0.25) is 0 Å². The minimum atomic E-state index is -4.37. The first-order valence-corrected chi connectivity index (χ1v) is 10.1. The van der Waals surface area contributed by atoms with E-state index < -0.39 is 10.1 Å². The Balaban J connectivity index is 1.87. The van der Waals surface area contributed by atoms with Crippen LogP contribution in [-0.2, 0) is 10.1 Å². The molecule has 4 aromatic rings. The molecule has 0 radical (unpaired) electrons. The van der Waals surface area contributed by atoms with Gasteiger partial charge in [-0.1, -0.05) is 48.5 Å². The first-order valence-electron chi connectivity index (χ1n) is 8.21. The first kappa shape index (κ1) is 18.4. The first-order chi connectivity index (χ1) is 13.4. The number of hydrogen-bond donors (Lipinski definition) is 3. The summed E-state index contributed by atoms with van der Waals surface area (Å²) in [4.78, 5) is 0.446. The highest BCUT2D eigenvalue weighted by molar-refractivity contribution is 7.86. The molecule has 2 N–H and O–H groups in total. The van der Waals surface area contributed by atoms with Gasteiger partial charge in [0.25, 0.3) is 10.1 Å². The highest BCUT2D eigenvalue weighted by Gasteiger charge is 2.16. The van der Waals surface area contributed by atoms with Crippen LogP contribution in [0, 0.1) is 0 Å². The van der Waals surface area contributed by atoms with E-state index >= 15 is 0 Å². The second kappa shape index (κ2) is 6.90. The maximum atomic E-state index is 11.6. The highest BCUT2D eigenvalue weighted by Crippen LogP contribution is 2.40. The lowest BCUT2D eigenvalue weighted by Crippen LogP contribution is -1.98. The molecule has 0 saturated carbocycles. The lowest BCUT2D eigenvalue weighted by Gasteiger charge is -2.08. The number of phenols is 1. The fourth-order valence-electron chi connectivity index (χ4n) is 3.08. The predicted octanol–water partition coefficient (Wildman–Crippen LogP) is 5.65. The Hall–Kier alpha value is -2.94. The number of thiol groups is 1. The van der Waals surface area contributed by atoms with Crippen LogP contribution in [0.4, 0.5) is 11.4 Å². The monoisotopic (exact) mass is 410 g/mol. The molecular weight excluding hydrogens is 396 g/mol. The third-order valence-electron chi connectivity index (χ3n) is 4.38. The van der Waals surface area contributed by atoms with E-state index in [4.69, 9.17) is 0 Å². The van der Waals surface area contributed by atoms with Crippen LogP contribution in [0.25, 0.3) is 21.5 Å². The van der Waals surface area contributed by atoms with E-state index in [2.05, 4.69) is 22.9 Å². The summed E-state index contributed by atoms with van der Waals surface area (Å²) in [5.41, 5.74) is 0.642. The number of fused-ring (bicyclic) bond motifs is 2. The summed E-state index contributed by atoms with van der Waals surface area (Å²) in [7, 11) is -4.37. The number of rotatable bonds is 3. The summed E-state index contributed by atoms with van der Waals surface area (Å²) in [5.74, 6) is -0.0176. The van der Waals surface area contributed by atoms with Crippen molar-refractivity contribution >= 4 is 55.7 Å². The summed E-state index contributed by atoms with van der Waals surface area (Å²) in [6.45, 7) is 0. The Morgan fingerprint density at radius 3 is 2.00 bits per heavy atom. The van der Waals surface area contributed by atoms with Crippen LogP contribution in [0.5, 0.6) is 5.75 Å². The highest BCUT2D eigenvalue weighted by atomic mass is 32.2. The smallest absolute Gasteiger partial charge is 0.295 e. The van der Waals surface area contributed by atoms with Gasteiger partial charge in [0.1, 0.15) is 10.6 Å². The molecule has 140 valence electrons. The number of hydrogen-bond acceptors (Lipinski definition) is 6.